The second kappa shape index (κ2) is 9.82. The van der Waals surface area contributed by atoms with Crippen LogP contribution in [0.1, 0.15) is 57.6 Å². The number of benzene rings is 1. The molecule has 1 aromatic rings. The summed E-state index contributed by atoms with van der Waals surface area (Å²) < 4.78 is 5.15. The number of likely N-dealkylation sites (tertiary alicyclic amines) is 2. The van der Waals surface area contributed by atoms with Gasteiger partial charge in [-0.15, -0.1) is 0 Å². The fourth-order valence-corrected chi connectivity index (χ4v) is 5.88. The first-order valence-electron chi connectivity index (χ1n) is 12.4. The molecule has 1 spiro atoms. The van der Waals surface area contributed by atoms with Crippen LogP contribution in [-0.4, -0.2) is 72.6 Å². The fourth-order valence-electron chi connectivity index (χ4n) is 5.88. The first-order valence-corrected chi connectivity index (χ1v) is 12.4. The molecule has 3 aliphatic rings. The Labute approximate surface area is 192 Å². The molecule has 0 bridgehead atoms. The third-order valence-electron chi connectivity index (χ3n) is 7.72. The summed E-state index contributed by atoms with van der Waals surface area (Å²) in [7, 11) is 0. The van der Waals surface area contributed by atoms with Crippen LogP contribution in [0.25, 0.3) is 0 Å². The number of amides is 2. The first kappa shape index (κ1) is 23.1. The van der Waals surface area contributed by atoms with E-state index in [1.807, 2.05) is 25.7 Å². The molecule has 0 N–H and O–H groups in total. The zero-order valence-electron chi connectivity index (χ0n) is 20.0. The molecule has 0 aliphatic carbocycles. The van der Waals surface area contributed by atoms with Crippen molar-refractivity contribution >= 4 is 12.0 Å². The van der Waals surface area contributed by atoms with Gasteiger partial charge in [-0.3, -0.25) is 4.79 Å². The van der Waals surface area contributed by atoms with Gasteiger partial charge in [-0.2, -0.15) is 0 Å². The van der Waals surface area contributed by atoms with E-state index in [9.17, 15) is 9.59 Å². The highest BCUT2D eigenvalue weighted by atomic mass is 16.6. The van der Waals surface area contributed by atoms with Crippen molar-refractivity contribution in [1.29, 1.82) is 0 Å². The number of hydrogen-bond acceptors (Lipinski definition) is 4. The number of nitrogens with zero attached hydrogens (tertiary/aromatic N) is 3. The number of hydrogen-bond donors (Lipinski definition) is 0. The Morgan fingerprint density at radius 2 is 1.75 bits per heavy atom. The molecular formula is C26H39N3O3. The molecule has 0 saturated carbocycles. The van der Waals surface area contributed by atoms with Crippen LogP contribution < -0.4 is 0 Å². The molecule has 0 radical (unpaired) electrons. The van der Waals surface area contributed by atoms with Gasteiger partial charge in [0.1, 0.15) is 0 Å². The molecule has 1 aromatic carbocycles. The van der Waals surface area contributed by atoms with Gasteiger partial charge in [-0.25, -0.2) is 4.79 Å². The molecule has 0 unspecified atom stereocenters. The molecule has 2 saturated heterocycles. The molecule has 176 valence electrons. The third-order valence-corrected chi connectivity index (χ3v) is 7.72. The van der Waals surface area contributed by atoms with Crippen molar-refractivity contribution in [3.05, 3.63) is 35.4 Å². The second-order valence-electron chi connectivity index (χ2n) is 10.2. The number of rotatable bonds is 4. The smallest absolute Gasteiger partial charge is 0.409 e. The number of ether oxygens (including phenoxy) is 1. The zero-order chi connectivity index (χ0) is 22.7. The molecule has 3 aliphatic heterocycles. The van der Waals surface area contributed by atoms with Crippen LogP contribution in [-0.2, 0) is 21.5 Å². The van der Waals surface area contributed by atoms with Crippen LogP contribution >= 0.6 is 0 Å². The van der Waals surface area contributed by atoms with E-state index in [2.05, 4.69) is 34.1 Å². The lowest BCUT2D eigenvalue weighted by Gasteiger charge is -2.49. The molecule has 0 aromatic heterocycles. The van der Waals surface area contributed by atoms with Crippen LogP contribution in [0.5, 0.6) is 0 Å². The summed E-state index contributed by atoms with van der Waals surface area (Å²) >= 11 is 0. The SMILES string of the molecule is CCOC(=O)N1CCC(CN2CCC3(CC2)CN(C(=O)C(C)C)Cc2ccccc23)CC1. The van der Waals surface area contributed by atoms with Gasteiger partial charge in [0, 0.05) is 44.1 Å². The van der Waals surface area contributed by atoms with E-state index >= 15 is 0 Å². The average Bonchev–Trinajstić information content (AvgIpc) is 2.80. The monoisotopic (exact) mass is 441 g/mol. The van der Waals surface area contributed by atoms with Crippen LogP contribution in [0.15, 0.2) is 24.3 Å². The highest BCUT2D eigenvalue weighted by Crippen LogP contribution is 2.42. The normalized spacial score (nSPS) is 21.6. The minimum atomic E-state index is -0.165. The lowest BCUT2D eigenvalue weighted by Crippen LogP contribution is -2.54. The zero-order valence-corrected chi connectivity index (χ0v) is 20.0. The van der Waals surface area contributed by atoms with E-state index in [0.717, 1.165) is 71.5 Å². The lowest BCUT2D eigenvalue weighted by atomic mass is 9.68. The minimum Gasteiger partial charge on any atom is -0.450 e. The van der Waals surface area contributed by atoms with Gasteiger partial charge in [0.05, 0.1) is 6.61 Å². The Balaban J connectivity index is 1.36. The summed E-state index contributed by atoms with van der Waals surface area (Å²) in [6.07, 6.45) is 4.16. The van der Waals surface area contributed by atoms with Crippen LogP contribution in [0, 0.1) is 11.8 Å². The van der Waals surface area contributed by atoms with Crippen LogP contribution in [0.2, 0.25) is 0 Å². The Bertz CT molecular complexity index is 808. The Morgan fingerprint density at radius 3 is 2.41 bits per heavy atom. The van der Waals surface area contributed by atoms with Crippen molar-refractivity contribution in [2.24, 2.45) is 11.8 Å². The molecule has 6 heteroatoms. The standard InChI is InChI=1S/C26H39N3O3/c1-4-32-25(31)28-13-9-21(10-14-28)17-27-15-11-26(12-16-27)19-29(24(30)20(2)3)18-22-7-5-6-8-23(22)26/h5-8,20-21H,4,9-19H2,1-3H3. The topological polar surface area (TPSA) is 53.1 Å². The van der Waals surface area contributed by atoms with Crippen molar-refractivity contribution in [1.82, 2.24) is 14.7 Å². The van der Waals surface area contributed by atoms with E-state index in [0.29, 0.717) is 12.5 Å². The fraction of sp³-hybridized carbons (Fsp3) is 0.692. The first-order chi connectivity index (χ1) is 15.4. The molecular weight excluding hydrogens is 402 g/mol. The third kappa shape index (κ3) is 4.80. The van der Waals surface area contributed by atoms with Crippen molar-refractivity contribution < 1.29 is 14.3 Å². The van der Waals surface area contributed by atoms with E-state index < -0.39 is 0 Å². The van der Waals surface area contributed by atoms with E-state index in [1.165, 1.54) is 11.1 Å². The van der Waals surface area contributed by atoms with Gasteiger partial charge >= 0.3 is 6.09 Å². The summed E-state index contributed by atoms with van der Waals surface area (Å²) in [6, 6.07) is 8.77. The highest BCUT2D eigenvalue weighted by molar-refractivity contribution is 5.78. The van der Waals surface area contributed by atoms with Gasteiger partial charge in [0.15, 0.2) is 0 Å². The largest absolute Gasteiger partial charge is 0.450 e. The molecule has 4 rings (SSSR count). The average molecular weight is 442 g/mol. The predicted octanol–water partition coefficient (Wildman–Crippen LogP) is 3.89. The number of carbonyl (C=O) groups is 2. The number of piperidine rings is 2. The van der Waals surface area contributed by atoms with Gasteiger partial charge in [0.2, 0.25) is 5.91 Å². The highest BCUT2D eigenvalue weighted by Gasteiger charge is 2.43. The van der Waals surface area contributed by atoms with E-state index in [1.54, 1.807) is 0 Å². The van der Waals surface area contributed by atoms with Gasteiger partial charge in [-0.1, -0.05) is 38.1 Å². The van der Waals surface area contributed by atoms with Crippen molar-refractivity contribution in [3.8, 4) is 0 Å². The maximum absolute atomic E-state index is 12.9. The molecule has 0 atom stereocenters. The molecule has 3 heterocycles. The van der Waals surface area contributed by atoms with Crippen molar-refractivity contribution in [2.75, 3.05) is 45.9 Å². The summed E-state index contributed by atoms with van der Waals surface area (Å²) in [4.78, 5) is 31.4. The van der Waals surface area contributed by atoms with Gasteiger partial charge < -0.3 is 19.4 Å². The lowest BCUT2D eigenvalue weighted by molar-refractivity contribution is -0.137. The summed E-state index contributed by atoms with van der Waals surface area (Å²) in [5.41, 5.74) is 2.88. The summed E-state index contributed by atoms with van der Waals surface area (Å²) in [5.74, 6) is 0.958. The second-order valence-corrected chi connectivity index (χ2v) is 10.2. The Kier molecular flexibility index (Phi) is 7.08. The molecule has 6 nitrogen and oxygen atoms in total. The van der Waals surface area contributed by atoms with Gasteiger partial charge in [0.25, 0.3) is 0 Å². The molecule has 2 fully saturated rings. The molecule has 2 amide bonds. The quantitative estimate of drug-likeness (QED) is 0.711. The van der Waals surface area contributed by atoms with Crippen molar-refractivity contribution in [2.45, 2.75) is 58.4 Å². The molecule has 32 heavy (non-hydrogen) atoms. The Morgan fingerprint density at radius 1 is 1.06 bits per heavy atom. The van der Waals surface area contributed by atoms with Crippen LogP contribution in [0.4, 0.5) is 4.79 Å². The predicted molar refractivity (Wildman–Crippen MR) is 125 cm³/mol. The number of fused-ring (bicyclic) bond motifs is 2. The van der Waals surface area contributed by atoms with E-state index in [4.69, 9.17) is 4.74 Å². The van der Waals surface area contributed by atoms with Crippen molar-refractivity contribution in [3.63, 3.8) is 0 Å². The maximum Gasteiger partial charge on any atom is 0.409 e. The minimum absolute atomic E-state index is 0.0397. The maximum atomic E-state index is 12.9. The summed E-state index contributed by atoms with van der Waals surface area (Å²) in [6.45, 7) is 12.8. The summed E-state index contributed by atoms with van der Waals surface area (Å²) in [5, 5.41) is 0. The van der Waals surface area contributed by atoms with E-state index in [-0.39, 0.29) is 23.3 Å². The Hall–Kier alpha value is -2.08. The van der Waals surface area contributed by atoms with Gasteiger partial charge in [-0.05, 0) is 62.7 Å². The number of carbonyl (C=O) groups excluding carboxylic acids is 2. The van der Waals surface area contributed by atoms with Crippen LogP contribution in [0.3, 0.4) is 0 Å².